The van der Waals surface area contributed by atoms with Crippen LogP contribution in [0.1, 0.15) is 22.3 Å². The zero-order chi connectivity index (χ0) is 16.0. The maximum atomic E-state index is 12.0. The third-order valence-electron chi connectivity index (χ3n) is 3.33. The third kappa shape index (κ3) is 3.93. The van der Waals surface area contributed by atoms with Crippen LogP contribution in [0.2, 0.25) is 0 Å². The number of aliphatic hydroxyl groups is 1. The van der Waals surface area contributed by atoms with Gasteiger partial charge in [-0.05, 0) is 24.1 Å². The lowest BCUT2D eigenvalue weighted by Gasteiger charge is -2.24. The molecule has 0 radical (unpaired) electrons. The molecule has 2 aromatic rings. The van der Waals surface area contributed by atoms with Gasteiger partial charge in [0, 0.05) is 12.0 Å². The molecule has 3 N–H and O–H groups in total. The van der Waals surface area contributed by atoms with Crippen molar-refractivity contribution < 1.29 is 19.8 Å². The predicted molar refractivity (Wildman–Crippen MR) is 81.3 cm³/mol. The fraction of sp³-hybridized carbons (Fsp3) is 0.176. The largest absolute Gasteiger partial charge is 0.478 e. The SMILES string of the molecule is O=C(NC(O)(CCc1ccccc1)C(=O)O)c1ccccc1. The lowest BCUT2D eigenvalue weighted by atomic mass is 10.0. The zero-order valence-electron chi connectivity index (χ0n) is 11.9. The molecule has 5 nitrogen and oxygen atoms in total. The van der Waals surface area contributed by atoms with Gasteiger partial charge in [0.25, 0.3) is 5.91 Å². The molecular weight excluding hydrogens is 282 g/mol. The van der Waals surface area contributed by atoms with E-state index in [1.165, 1.54) is 0 Å². The summed E-state index contributed by atoms with van der Waals surface area (Å²) in [4.78, 5) is 23.4. The number of hydrogen-bond acceptors (Lipinski definition) is 3. The first-order valence-corrected chi connectivity index (χ1v) is 6.88. The molecule has 1 unspecified atom stereocenters. The molecule has 0 spiro atoms. The van der Waals surface area contributed by atoms with Crippen LogP contribution in [0, 0.1) is 0 Å². The van der Waals surface area contributed by atoms with Crippen molar-refractivity contribution in [2.45, 2.75) is 18.6 Å². The summed E-state index contributed by atoms with van der Waals surface area (Å²) < 4.78 is 0. The zero-order valence-corrected chi connectivity index (χ0v) is 11.9. The van der Waals surface area contributed by atoms with Crippen LogP contribution in [0.4, 0.5) is 0 Å². The van der Waals surface area contributed by atoms with E-state index in [1.807, 2.05) is 30.3 Å². The first-order chi connectivity index (χ1) is 10.5. The second-order valence-corrected chi connectivity index (χ2v) is 4.97. The summed E-state index contributed by atoms with van der Waals surface area (Å²) in [6, 6.07) is 17.4. The molecule has 0 saturated carbocycles. The Bertz CT molecular complexity index is 642. The number of carbonyl (C=O) groups is 2. The van der Waals surface area contributed by atoms with Gasteiger partial charge in [-0.25, -0.2) is 4.79 Å². The Kier molecular flexibility index (Phi) is 4.91. The quantitative estimate of drug-likeness (QED) is 0.710. The second kappa shape index (κ2) is 6.87. The van der Waals surface area contributed by atoms with Crippen LogP contribution in [0.15, 0.2) is 60.7 Å². The van der Waals surface area contributed by atoms with Crippen LogP contribution in [-0.2, 0) is 11.2 Å². The Morgan fingerprint density at radius 3 is 2.05 bits per heavy atom. The van der Waals surface area contributed by atoms with Crippen LogP contribution in [0.25, 0.3) is 0 Å². The van der Waals surface area contributed by atoms with Gasteiger partial charge in [-0.15, -0.1) is 0 Å². The van der Waals surface area contributed by atoms with Crippen LogP contribution < -0.4 is 5.32 Å². The summed E-state index contributed by atoms with van der Waals surface area (Å²) in [7, 11) is 0. The second-order valence-electron chi connectivity index (χ2n) is 4.97. The fourth-order valence-corrected chi connectivity index (χ4v) is 2.04. The number of benzene rings is 2. The number of aryl methyl sites for hydroxylation is 1. The molecule has 0 aliphatic rings. The van der Waals surface area contributed by atoms with E-state index >= 15 is 0 Å². The molecule has 2 aromatic carbocycles. The summed E-state index contributed by atoms with van der Waals surface area (Å²) in [5, 5.41) is 21.7. The van der Waals surface area contributed by atoms with E-state index in [0.717, 1.165) is 5.56 Å². The highest BCUT2D eigenvalue weighted by atomic mass is 16.4. The number of carbonyl (C=O) groups excluding carboxylic acids is 1. The van der Waals surface area contributed by atoms with Crippen molar-refractivity contribution >= 4 is 11.9 Å². The number of rotatable bonds is 6. The van der Waals surface area contributed by atoms with E-state index < -0.39 is 17.6 Å². The lowest BCUT2D eigenvalue weighted by Crippen LogP contribution is -2.54. The van der Waals surface area contributed by atoms with E-state index in [9.17, 15) is 19.8 Å². The molecule has 2 rings (SSSR count). The minimum Gasteiger partial charge on any atom is -0.478 e. The van der Waals surface area contributed by atoms with Gasteiger partial charge < -0.3 is 15.5 Å². The van der Waals surface area contributed by atoms with E-state index in [-0.39, 0.29) is 6.42 Å². The number of hydrogen-bond donors (Lipinski definition) is 3. The summed E-state index contributed by atoms with van der Waals surface area (Å²) in [6.07, 6.45) is 0.212. The molecule has 1 amide bonds. The Labute approximate surface area is 128 Å². The molecule has 114 valence electrons. The maximum Gasteiger partial charge on any atom is 0.357 e. The number of carboxylic acids is 1. The van der Waals surface area contributed by atoms with Crippen LogP contribution in [-0.4, -0.2) is 27.8 Å². The first kappa shape index (κ1) is 15.7. The Balaban J connectivity index is 2.08. The summed E-state index contributed by atoms with van der Waals surface area (Å²) >= 11 is 0. The molecule has 0 aliphatic heterocycles. The van der Waals surface area contributed by atoms with Gasteiger partial charge in [-0.1, -0.05) is 48.5 Å². The summed E-state index contributed by atoms with van der Waals surface area (Å²) in [5.74, 6) is -2.11. The lowest BCUT2D eigenvalue weighted by molar-refractivity contribution is -0.161. The van der Waals surface area contributed by atoms with Gasteiger partial charge in [0.2, 0.25) is 5.72 Å². The number of carboxylic acid groups (broad SMARTS) is 1. The van der Waals surface area contributed by atoms with Crippen molar-refractivity contribution in [3.8, 4) is 0 Å². The van der Waals surface area contributed by atoms with Gasteiger partial charge in [0.1, 0.15) is 0 Å². The van der Waals surface area contributed by atoms with Crippen molar-refractivity contribution in [3.05, 3.63) is 71.8 Å². The van der Waals surface area contributed by atoms with Crippen LogP contribution >= 0.6 is 0 Å². The Hall–Kier alpha value is -2.66. The predicted octanol–water partition coefficient (Wildman–Crippen LogP) is 1.82. The molecule has 0 fully saturated rings. The molecule has 22 heavy (non-hydrogen) atoms. The van der Waals surface area contributed by atoms with Crippen molar-refractivity contribution in [1.82, 2.24) is 5.32 Å². The summed E-state index contributed by atoms with van der Waals surface area (Å²) in [6.45, 7) is 0. The smallest absolute Gasteiger partial charge is 0.357 e. The van der Waals surface area contributed by atoms with E-state index in [1.54, 1.807) is 30.3 Å². The number of aliphatic carboxylic acids is 1. The minimum absolute atomic E-state index is 0.120. The van der Waals surface area contributed by atoms with Gasteiger partial charge in [-0.2, -0.15) is 0 Å². The Morgan fingerprint density at radius 2 is 1.50 bits per heavy atom. The molecule has 5 heteroatoms. The highest BCUT2D eigenvalue weighted by Gasteiger charge is 2.37. The normalized spacial score (nSPS) is 13.1. The van der Waals surface area contributed by atoms with Crippen molar-refractivity contribution in [1.29, 1.82) is 0 Å². The Morgan fingerprint density at radius 1 is 0.955 bits per heavy atom. The van der Waals surface area contributed by atoms with Gasteiger partial charge in [-0.3, -0.25) is 4.79 Å². The molecule has 1 atom stereocenters. The monoisotopic (exact) mass is 299 g/mol. The fourth-order valence-electron chi connectivity index (χ4n) is 2.04. The minimum atomic E-state index is -2.30. The van der Waals surface area contributed by atoms with Gasteiger partial charge >= 0.3 is 5.97 Å². The molecule has 0 bridgehead atoms. The highest BCUT2D eigenvalue weighted by molar-refractivity contribution is 5.97. The van der Waals surface area contributed by atoms with Crippen molar-refractivity contribution in [2.24, 2.45) is 0 Å². The highest BCUT2D eigenvalue weighted by Crippen LogP contribution is 2.14. The van der Waals surface area contributed by atoms with Crippen LogP contribution in [0.3, 0.4) is 0 Å². The van der Waals surface area contributed by atoms with Gasteiger partial charge in [0.05, 0.1) is 0 Å². The van der Waals surface area contributed by atoms with Crippen LogP contribution in [0.5, 0.6) is 0 Å². The third-order valence-corrected chi connectivity index (χ3v) is 3.33. The topological polar surface area (TPSA) is 86.6 Å². The number of amides is 1. The van der Waals surface area contributed by atoms with Crippen molar-refractivity contribution in [3.63, 3.8) is 0 Å². The standard InChI is InChI=1S/C17H17NO4/c19-15(14-9-5-2-6-10-14)18-17(22,16(20)21)12-11-13-7-3-1-4-8-13/h1-10,22H,11-12H2,(H,18,19)(H,20,21). The summed E-state index contributed by atoms with van der Waals surface area (Å²) in [5.41, 5.74) is -1.12. The average Bonchev–Trinajstić information content (AvgIpc) is 2.54. The molecule has 0 heterocycles. The molecule has 0 saturated heterocycles. The van der Waals surface area contributed by atoms with E-state index in [4.69, 9.17) is 0 Å². The van der Waals surface area contributed by atoms with Gasteiger partial charge in [0.15, 0.2) is 0 Å². The number of nitrogens with one attached hydrogen (secondary N) is 1. The van der Waals surface area contributed by atoms with Crippen molar-refractivity contribution in [2.75, 3.05) is 0 Å². The molecular formula is C17H17NO4. The maximum absolute atomic E-state index is 12.0. The van der Waals surface area contributed by atoms with E-state index in [2.05, 4.69) is 5.32 Å². The molecule has 0 aromatic heterocycles. The first-order valence-electron chi connectivity index (χ1n) is 6.88. The molecule has 0 aliphatic carbocycles. The average molecular weight is 299 g/mol. The van der Waals surface area contributed by atoms with E-state index in [0.29, 0.717) is 12.0 Å².